The molecule has 1 fully saturated rings. The lowest BCUT2D eigenvalue weighted by Crippen LogP contribution is -2.13. The second-order valence-electron chi connectivity index (χ2n) is 5.40. The zero-order chi connectivity index (χ0) is 12.1. The van der Waals surface area contributed by atoms with E-state index in [0.29, 0.717) is 5.92 Å². The fraction of sp³-hybridized carbons (Fsp3) is 0.625. The molecule has 1 saturated carbocycles. The average molecular weight is 231 g/mol. The number of hydrogen-bond acceptors (Lipinski definition) is 0. The normalized spacial score (nSPS) is 24.8. The molecule has 17 heavy (non-hydrogen) atoms. The van der Waals surface area contributed by atoms with Crippen LogP contribution in [0.4, 0.5) is 0 Å². The van der Waals surface area contributed by atoms with E-state index in [4.69, 9.17) is 0 Å². The Hall–Kier alpha value is -0.980. The topological polar surface area (TPSA) is 19.9 Å². The monoisotopic (exact) mass is 231 g/mol. The van der Waals surface area contributed by atoms with Crippen LogP contribution in [0.25, 0.3) is 0 Å². The van der Waals surface area contributed by atoms with Crippen LogP contribution < -0.4 is 0 Å². The number of rotatable bonds is 4. The minimum atomic E-state index is 0.240. The van der Waals surface area contributed by atoms with E-state index in [2.05, 4.69) is 6.92 Å². The maximum atomic E-state index is 11.8. The van der Waals surface area contributed by atoms with Gasteiger partial charge < -0.3 is 0 Å². The summed E-state index contributed by atoms with van der Waals surface area (Å²) in [6.45, 7) is 2.26. The maximum Gasteiger partial charge on any atom is 0.182 e. The van der Waals surface area contributed by atoms with Crippen molar-refractivity contribution >= 4 is 0 Å². The standard InChI is InChI=1S/C16H23O/c1-2-3-6-13-9-11-14(12-10-13)15-7-4-5-8-16(15)17/h4-5,7-8,13-14H,2-3,6,9-12H2,1H3. The van der Waals surface area contributed by atoms with Crippen molar-refractivity contribution in [1.29, 1.82) is 0 Å². The van der Waals surface area contributed by atoms with Crippen molar-refractivity contribution in [3.63, 3.8) is 0 Å². The first kappa shape index (κ1) is 12.5. The lowest BCUT2D eigenvalue weighted by molar-refractivity contribution is 0.292. The van der Waals surface area contributed by atoms with Crippen LogP contribution in [0.2, 0.25) is 0 Å². The highest BCUT2D eigenvalue weighted by atomic mass is 16.3. The Morgan fingerprint density at radius 1 is 1.12 bits per heavy atom. The van der Waals surface area contributed by atoms with Gasteiger partial charge in [-0.15, -0.1) is 0 Å². The van der Waals surface area contributed by atoms with Gasteiger partial charge in [0, 0.05) is 5.56 Å². The van der Waals surface area contributed by atoms with Gasteiger partial charge >= 0.3 is 0 Å². The Kier molecular flexibility index (Phi) is 4.47. The molecule has 1 nitrogen and oxygen atoms in total. The second kappa shape index (κ2) is 6.09. The lowest BCUT2D eigenvalue weighted by atomic mass is 9.77. The summed E-state index contributed by atoms with van der Waals surface area (Å²) in [5.74, 6) is 1.69. The van der Waals surface area contributed by atoms with Gasteiger partial charge in [-0.25, -0.2) is 0 Å². The van der Waals surface area contributed by atoms with Crippen molar-refractivity contribution in [2.24, 2.45) is 5.92 Å². The Balaban J connectivity index is 1.89. The van der Waals surface area contributed by atoms with Crippen LogP contribution in [0.15, 0.2) is 24.3 Å². The van der Waals surface area contributed by atoms with E-state index in [9.17, 15) is 5.11 Å². The first-order valence-electron chi connectivity index (χ1n) is 7.07. The lowest BCUT2D eigenvalue weighted by Gasteiger charge is -2.28. The van der Waals surface area contributed by atoms with Gasteiger partial charge in [-0.1, -0.05) is 44.4 Å². The zero-order valence-electron chi connectivity index (χ0n) is 10.8. The van der Waals surface area contributed by atoms with E-state index >= 15 is 0 Å². The fourth-order valence-corrected chi connectivity index (χ4v) is 3.07. The summed E-state index contributed by atoms with van der Waals surface area (Å²) in [4.78, 5) is 0. The van der Waals surface area contributed by atoms with Crippen molar-refractivity contribution in [2.45, 2.75) is 57.8 Å². The molecule has 0 aromatic heterocycles. The van der Waals surface area contributed by atoms with Gasteiger partial charge in [-0.2, -0.15) is 0 Å². The largest absolute Gasteiger partial charge is 0.290 e. The number of para-hydroxylation sites is 1. The number of benzene rings is 1. The summed E-state index contributed by atoms with van der Waals surface area (Å²) in [5, 5.41) is 11.8. The molecular weight excluding hydrogens is 208 g/mol. The molecule has 0 amide bonds. The van der Waals surface area contributed by atoms with Crippen LogP contribution >= 0.6 is 0 Å². The first-order chi connectivity index (χ1) is 8.31. The summed E-state index contributed by atoms with van der Waals surface area (Å²) in [5.41, 5.74) is 1.06. The number of unbranched alkanes of at least 4 members (excludes halogenated alkanes) is 1. The van der Waals surface area contributed by atoms with Gasteiger partial charge in [0.05, 0.1) is 0 Å². The fourth-order valence-electron chi connectivity index (χ4n) is 3.07. The summed E-state index contributed by atoms with van der Waals surface area (Å²) >= 11 is 0. The molecule has 93 valence electrons. The minimum absolute atomic E-state index is 0.240. The van der Waals surface area contributed by atoms with Crippen LogP contribution in [0, 0.1) is 5.92 Å². The molecule has 0 N–H and O–H groups in total. The van der Waals surface area contributed by atoms with Crippen LogP contribution in [0.3, 0.4) is 0 Å². The summed E-state index contributed by atoms with van der Waals surface area (Å²) in [7, 11) is 0. The molecule has 0 heterocycles. The second-order valence-corrected chi connectivity index (χ2v) is 5.40. The molecular formula is C16H23O. The molecule has 0 bridgehead atoms. The molecule has 0 saturated heterocycles. The SMILES string of the molecule is CCCCC1CCC(c2ccccc2[O])CC1. The van der Waals surface area contributed by atoms with E-state index in [1.807, 2.05) is 18.2 Å². The Bertz CT molecular complexity index is 337. The van der Waals surface area contributed by atoms with Gasteiger partial charge in [-0.05, 0) is 43.6 Å². The molecule has 0 spiro atoms. The predicted molar refractivity (Wildman–Crippen MR) is 70.8 cm³/mol. The van der Waals surface area contributed by atoms with Crippen molar-refractivity contribution < 1.29 is 5.11 Å². The molecule has 1 aliphatic rings. The molecule has 1 heteroatoms. The van der Waals surface area contributed by atoms with E-state index in [1.165, 1.54) is 44.9 Å². The van der Waals surface area contributed by atoms with Gasteiger partial charge in [-0.3, -0.25) is 5.11 Å². The van der Waals surface area contributed by atoms with Crippen LogP contribution in [0.5, 0.6) is 5.75 Å². The summed E-state index contributed by atoms with van der Waals surface area (Å²) in [6.07, 6.45) is 9.14. The molecule has 1 radical (unpaired) electrons. The van der Waals surface area contributed by atoms with Gasteiger partial charge in [0.1, 0.15) is 0 Å². The van der Waals surface area contributed by atoms with Gasteiger partial charge in [0.15, 0.2) is 5.75 Å². The summed E-state index contributed by atoms with van der Waals surface area (Å²) in [6, 6.07) is 7.58. The Morgan fingerprint density at radius 2 is 1.82 bits per heavy atom. The third-order valence-corrected chi connectivity index (χ3v) is 4.17. The smallest absolute Gasteiger partial charge is 0.182 e. The van der Waals surface area contributed by atoms with Crippen molar-refractivity contribution in [1.82, 2.24) is 0 Å². The Morgan fingerprint density at radius 3 is 2.47 bits per heavy atom. The van der Waals surface area contributed by atoms with E-state index < -0.39 is 0 Å². The highest BCUT2D eigenvalue weighted by Crippen LogP contribution is 2.40. The summed E-state index contributed by atoms with van der Waals surface area (Å²) < 4.78 is 0. The highest BCUT2D eigenvalue weighted by molar-refractivity contribution is 5.34. The van der Waals surface area contributed by atoms with Crippen LogP contribution in [-0.2, 0) is 5.11 Å². The van der Waals surface area contributed by atoms with E-state index in [-0.39, 0.29) is 5.75 Å². The van der Waals surface area contributed by atoms with Crippen LogP contribution in [0.1, 0.15) is 63.4 Å². The molecule has 1 aliphatic carbocycles. The van der Waals surface area contributed by atoms with Gasteiger partial charge in [0.2, 0.25) is 0 Å². The van der Waals surface area contributed by atoms with Crippen molar-refractivity contribution in [3.8, 4) is 5.75 Å². The van der Waals surface area contributed by atoms with Crippen LogP contribution in [-0.4, -0.2) is 0 Å². The molecule has 1 aromatic rings. The third kappa shape index (κ3) is 3.24. The zero-order valence-corrected chi connectivity index (χ0v) is 10.8. The Labute approximate surface area is 105 Å². The molecule has 0 atom stereocenters. The van der Waals surface area contributed by atoms with Crippen molar-refractivity contribution in [2.75, 3.05) is 0 Å². The average Bonchev–Trinajstić information content (AvgIpc) is 2.38. The molecule has 2 rings (SSSR count). The van der Waals surface area contributed by atoms with Crippen molar-refractivity contribution in [3.05, 3.63) is 29.8 Å². The van der Waals surface area contributed by atoms with E-state index in [0.717, 1.165) is 11.5 Å². The third-order valence-electron chi connectivity index (χ3n) is 4.17. The van der Waals surface area contributed by atoms with E-state index in [1.54, 1.807) is 6.07 Å². The van der Waals surface area contributed by atoms with Gasteiger partial charge in [0.25, 0.3) is 0 Å². The first-order valence-corrected chi connectivity index (χ1v) is 7.07. The minimum Gasteiger partial charge on any atom is -0.290 e. The molecule has 0 aliphatic heterocycles. The predicted octanol–water partition coefficient (Wildman–Crippen LogP) is 5.29. The highest BCUT2D eigenvalue weighted by Gasteiger charge is 2.23. The molecule has 1 aromatic carbocycles. The quantitative estimate of drug-likeness (QED) is 0.670. The number of hydrogen-bond donors (Lipinski definition) is 0. The maximum absolute atomic E-state index is 11.8. The molecule has 0 unspecified atom stereocenters.